The molecule has 1 aromatic heterocycles. The van der Waals surface area contributed by atoms with Gasteiger partial charge < -0.3 is 15.4 Å². The highest BCUT2D eigenvalue weighted by molar-refractivity contribution is 7.14. The van der Waals surface area contributed by atoms with Gasteiger partial charge in [-0.1, -0.05) is 6.07 Å². The van der Waals surface area contributed by atoms with Gasteiger partial charge in [0.2, 0.25) is 5.88 Å². The third-order valence-electron chi connectivity index (χ3n) is 2.24. The Morgan fingerprint density at radius 2 is 2.35 bits per heavy atom. The topological polar surface area (TPSA) is 63.2 Å². The Hall–Kier alpha value is -1.82. The van der Waals surface area contributed by atoms with Crippen molar-refractivity contribution >= 4 is 33.3 Å². The number of hydrogen-bond donors (Lipinski definition) is 2. The molecule has 0 atom stereocenters. The molecule has 2 amide bonds. The molecule has 0 saturated heterocycles. The molecule has 90 valence electrons. The molecule has 0 aliphatic rings. The Morgan fingerprint density at radius 3 is 3.06 bits per heavy atom. The first kappa shape index (κ1) is 11.7. The molecule has 0 saturated carbocycles. The largest absolute Gasteiger partial charge is 0.480 e. The van der Waals surface area contributed by atoms with Crippen LogP contribution in [0, 0.1) is 0 Å². The van der Waals surface area contributed by atoms with Crippen LogP contribution in [0.3, 0.4) is 0 Å². The highest BCUT2D eigenvalue weighted by Crippen LogP contribution is 2.33. The normalized spacial score (nSPS) is 10.2. The van der Waals surface area contributed by atoms with E-state index in [1.165, 1.54) is 11.5 Å². The van der Waals surface area contributed by atoms with E-state index in [-0.39, 0.29) is 6.03 Å². The van der Waals surface area contributed by atoms with Crippen LogP contribution in [0.25, 0.3) is 10.1 Å². The molecule has 0 bridgehead atoms. The lowest BCUT2D eigenvalue weighted by molar-refractivity contribution is 0.252. The van der Waals surface area contributed by atoms with Crippen molar-refractivity contribution in [2.45, 2.75) is 6.92 Å². The maximum absolute atomic E-state index is 11.5. The number of hydrogen-bond acceptors (Lipinski definition) is 4. The molecule has 17 heavy (non-hydrogen) atoms. The fourth-order valence-electron chi connectivity index (χ4n) is 1.51. The van der Waals surface area contributed by atoms with Crippen LogP contribution < -0.4 is 15.4 Å². The van der Waals surface area contributed by atoms with E-state index in [9.17, 15) is 4.79 Å². The van der Waals surface area contributed by atoms with Crippen LogP contribution in [0.4, 0.5) is 10.5 Å². The maximum Gasteiger partial charge on any atom is 0.319 e. The highest BCUT2D eigenvalue weighted by atomic mass is 32.1. The van der Waals surface area contributed by atoms with E-state index in [1.807, 2.05) is 25.1 Å². The molecule has 0 unspecified atom stereocenters. The predicted molar refractivity (Wildman–Crippen MR) is 68.9 cm³/mol. The van der Waals surface area contributed by atoms with Gasteiger partial charge in [-0.3, -0.25) is 0 Å². The molecule has 1 heterocycles. The summed E-state index contributed by atoms with van der Waals surface area (Å²) in [5, 5.41) is 6.38. The molecule has 6 heteroatoms. The third-order valence-corrected chi connectivity index (χ3v) is 3.12. The Morgan fingerprint density at radius 1 is 1.53 bits per heavy atom. The summed E-state index contributed by atoms with van der Waals surface area (Å²) in [7, 11) is 1.58. The van der Waals surface area contributed by atoms with Crippen LogP contribution in [0.2, 0.25) is 0 Å². The first-order valence-corrected chi connectivity index (χ1v) is 6.00. The number of nitrogens with zero attached hydrogens (tertiary/aromatic N) is 1. The number of ether oxygens (including phenoxy) is 1. The van der Waals surface area contributed by atoms with Crippen molar-refractivity contribution in [1.82, 2.24) is 9.69 Å². The monoisotopic (exact) mass is 251 g/mol. The first-order chi connectivity index (χ1) is 8.26. The number of carbonyl (C=O) groups is 1. The number of aromatic nitrogens is 1. The van der Waals surface area contributed by atoms with Gasteiger partial charge in [0.15, 0.2) is 0 Å². The lowest BCUT2D eigenvalue weighted by Crippen LogP contribution is -2.28. The van der Waals surface area contributed by atoms with E-state index in [0.29, 0.717) is 12.4 Å². The van der Waals surface area contributed by atoms with Gasteiger partial charge >= 0.3 is 6.03 Å². The second kappa shape index (κ2) is 5.01. The summed E-state index contributed by atoms with van der Waals surface area (Å²) < 4.78 is 10.2. The van der Waals surface area contributed by atoms with Crippen molar-refractivity contribution in [3.05, 3.63) is 18.2 Å². The summed E-state index contributed by atoms with van der Waals surface area (Å²) >= 11 is 1.31. The highest BCUT2D eigenvalue weighted by Gasteiger charge is 2.11. The van der Waals surface area contributed by atoms with Crippen molar-refractivity contribution in [3.8, 4) is 5.88 Å². The Kier molecular flexibility index (Phi) is 3.43. The smallest absolute Gasteiger partial charge is 0.319 e. The van der Waals surface area contributed by atoms with Gasteiger partial charge in [-0.2, -0.15) is 4.37 Å². The van der Waals surface area contributed by atoms with Crippen LogP contribution in [0.1, 0.15) is 6.92 Å². The Bertz CT molecular complexity index is 538. The summed E-state index contributed by atoms with van der Waals surface area (Å²) in [6, 6.07) is 5.41. The average Bonchev–Trinajstić information content (AvgIpc) is 2.73. The fraction of sp³-hybridized carbons (Fsp3) is 0.273. The number of anilines is 1. The van der Waals surface area contributed by atoms with Crippen molar-refractivity contribution in [2.24, 2.45) is 0 Å². The minimum Gasteiger partial charge on any atom is -0.480 e. The number of methoxy groups -OCH3 is 1. The second-order valence-electron chi connectivity index (χ2n) is 3.36. The summed E-state index contributed by atoms with van der Waals surface area (Å²) in [6.45, 7) is 2.46. The predicted octanol–water partition coefficient (Wildman–Crippen LogP) is 2.45. The van der Waals surface area contributed by atoms with Crippen LogP contribution >= 0.6 is 11.5 Å². The molecule has 2 N–H and O–H groups in total. The van der Waals surface area contributed by atoms with E-state index in [1.54, 1.807) is 7.11 Å². The average molecular weight is 251 g/mol. The number of amides is 2. The van der Waals surface area contributed by atoms with Crippen molar-refractivity contribution in [3.63, 3.8) is 0 Å². The van der Waals surface area contributed by atoms with Gasteiger partial charge in [-0.25, -0.2) is 4.79 Å². The first-order valence-electron chi connectivity index (χ1n) is 5.23. The lowest BCUT2D eigenvalue weighted by Gasteiger charge is -2.06. The second-order valence-corrected chi connectivity index (χ2v) is 4.13. The van der Waals surface area contributed by atoms with Gasteiger partial charge in [-0.15, -0.1) is 0 Å². The zero-order valence-electron chi connectivity index (χ0n) is 9.61. The van der Waals surface area contributed by atoms with Gasteiger partial charge in [0.05, 0.1) is 22.9 Å². The summed E-state index contributed by atoms with van der Waals surface area (Å²) in [5.41, 5.74) is 0.745. The van der Waals surface area contributed by atoms with Crippen LogP contribution in [0.5, 0.6) is 5.88 Å². The quantitative estimate of drug-likeness (QED) is 0.880. The molecule has 1 aromatic carbocycles. The van der Waals surface area contributed by atoms with Crippen molar-refractivity contribution < 1.29 is 9.53 Å². The standard InChI is InChI=1S/C11H13N3O2S/c1-3-12-11(15)13-8-6-4-5-7-9(8)17-14-10(7)16-2/h4-6H,3H2,1-2H3,(H2,12,13,15). The minimum absolute atomic E-state index is 0.215. The van der Waals surface area contributed by atoms with Crippen LogP contribution in [-0.2, 0) is 0 Å². The minimum atomic E-state index is -0.215. The Labute approximate surface area is 103 Å². The van der Waals surface area contributed by atoms with Gasteiger partial charge in [0, 0.05) is 6.54 Å². The molecular weight excluding hydrogens is 238 g/mol. The van der Waals surface area contributed by atoms with Gasteiger partial charge in [0.25, 0.3) is 0 Å². The molecule has 0 radical (unpaired) electrons. The zero-order chi connectivity index (χ0) is 12.3. The number of urea groups is 1. The van der Waals surface area contributed by atoms with E-state index < -0.39 is 0 Å². The van der Waals surface area contributed by atoms with Crippen molar-refractivity contribution in [1.29, 1.82) is 0 Å². The van der Waals surface area contributed by atoms with Gasteiger partial charge in [0.1, 0.15) is 0 Å². The SMILES string of the molecule is CCNC(=O)Nc1cccc2c(OC)nsc12. The number of fused-ring (bicyclic) bond motifs is 1. The summed E-state index contributed by atoms with van der Waals surface area (Å²) in [5.74, 6) is 0.588. The number of carbonyl (C=O) groups excluding carboxylic acids is 1. The third kappa shape index (κ3) is 2.31. The molecule has 0 spiro atoms. The molecule has 5 nitrogen and oxygen atoms in total. The van der Waals surface area contributed by atoms with E-state index >= 15 is 0 Å². The molecule has 0 fully saturated rings. The summed E-state index contributed by atoms with van der Waals surface area (Å²) in [6.07, 6.45) is 0. The van der Waals surface area contributed by atoms with Gasteiger partial charge in [-0.05, 0) is 30.6 Å². The fourth-order valence-corrected chi connectivity index (χ4v) is 2.33. The lowest BCUT2D eigenvalue weighted by atomic mass is 10.2. The van der Waals surface area contributed by atoms with Crippen LogP contribution in [0.15, 0.2) is 18.2 Å². The maximum atomic E-state index is 11.5. The Balaban J connectivity index is 2.34. The van der Waals surface area contributed by atoms with E-state index in [2.05, 4.69) is 15.0 Å². The van der Waals surface area contributed by atoms with Crippen LogP contribution in [-0.4, -0.2) is 24.1 Å². The molecule has 2 rings (SSSR count). The molecule has 2 aromatic rings. The molecule has 0 aliphatic carbocycles. The zero-order valence-corrected chi connectivity index (χ0v) is 10.4. The van der Waals surface area contributed by atoms with E-state index in [0.717, 1.165) is 15.8 Å². The van der Waals surface area contributed by atoms with Crippen molar-refractivity contribution in [2.75, 3.05) is 19.0 Å². The number of rotatable bonds is 3. The number of benzene rings is 1. The number of nitrogens with one attached hydrogen (secondary N) is 2. The summed E-state index contributed by atoms with van der Waals surface area (Å²) in [4.78, 5) is 11.5. The molecule has 0 aliphatic heterocycles. The van der Waals surface area contributed by atoms with E-state index in [4.69, 9.17) is 4.74 Å². The molecular formula is C11H13N3O2S.